The molecule has 0 unspecified atom stereocenters. The van der Waals surface area contributed by atoms with Gasteiger partial charge < -0.3 is 10.0 Å². The Morgan fingerprint density at radius 1 is 1.53 bits per heavy atom. The largest absolute Gasteiger partial charge is 0.393 e. The topological polar surface area (TPSA) is 84.4 Å². The second-order valence-corrected chi connectivity index (χ2v) is 4.31. The van der Waals surface area contributed by atoms with Crippen molar-refractivity contribution in [1.29, 1.82) is 0 Å². The number of aliphatic hydroxyl groups is 1. The highest BCUT2D eigenvalue weighted by atomic mass is 16.6. The first-order valence-corrected chi connectivity index (χ1v) is 5.69. The molecule has 2 heterocycles. The van der Waals surface area contributed by atoms with Crippen LogP contribution in [0.1, 0.15) is 19.3 Å². The Hall–Kier alpha value is -1.63. The van der Waals surface area contributed by atoms with Crippen molar-refractivity contribution in [2.24, 2.45) is 7.05 Å². The average Bonchev–Trinajstić information content (AvgIpc) is 2.52. The minimum atomic E-state index is -0.413. The van der Waals surface area contributed by atoms with Gasteiger partial charge in [-0.2, -0.15) is 5.10 Å². The van der Waals surface area contributed by atoms with Crippen molar-refractivity contribution in [3.05, 3.63) is 16.3 Å². The zero-order chi connectivity index (χ0) is 12.4. The zero-order valence-electron chi connectivity index (χ0n) is 9.74. The molecule has 1 aromatic heterocycles. The van der Waals surface area contributed by atoms with Gasteiger partial charge in [0.1, 0.15) is 6.20 Å². The third-order valence-electron chi connectivity index (χ3n) is 3.08. The predicted molar refractivity (Wildman–Crippen MR) is 61.9 cm³/mol. The summed E-state index contributed by atoms with van der Waals surface area (Å²) in [5.74, 6) is 0.532. The van der Waals surface area contributed by atoms with Gasteiger partial charge in [-0.05, 0) is 19.3 Å². The number of aromatic nitrogens is 2. The van der Waals surface area contributed by atoms with Gasteiger partial charge in [-0.1, -0.05) is 0 Å². The SMILES string of the molecule is Cn1ncc([N+](=O)[O-])c1N1CCC[C@H](O)CC1. The first-order chi connectivity index (χ1) is 8.09. The molecule has 1 fully saturated rings. The Balaban J connectivity index is 2.26. The van der Waals surface area contributed by atoms with Gasteiger partial charge in [0.25, 0.3) is 0 Å². The summed E-state index contributed by atoms with van der Waals surface area (Å²) in [7, 11) is 1.70. The second kappa shape index (κ2) is 4.70. The molecule has 2 rings (SSSR count). The van der Waals surface area contributed by atoms with E-state index in [1.807, 2.05) is 4.90 Å². The molecule has 1 aliphatic heterocycles. The fourth-order valence-electron chi connectivity index (χ4n) is 2.21. The fraction of sp³-hybridized carbons (Fsp3) is 0.700. The minimum absolute atomic E-state index is 0.0314. The van der Waals surface area contributed by atoms with E-state index in [1.165, 1.54) is 10.9 Å². The standard InChI is InChI=1S/C10H16N4O3/c1-12-10(9(7-11-12)14(16)17)13-5-2-3-8(15)4-6-13/h7-8,15H,2-6H2,1H3/t8-/m0/s1. The molecule has 0 amide bonds. The van der Waals surface area contributed by atoms with Crippen LogP contribution < -0.4 is 4.90 Å². The van der Waals surface area contributed by atoms with Crippen LogP contribution in [0.3, 0.4) is 0 Å². The summed E-state index contributed by atoms with van der Waals surface area (Å²) < 4.78 is 1.52. The van der Waals surface area contributed by atoms with E-state index in [9.17, 15) is 15.2 Å². The molecule has 0 aromatic carbocycles. The summed E-state index contributed by atoms with van der Waals surface area (Å²) in [5, 5.41) is 24.4. The lowest BCUT2D eigenvalue weighted by Gasteiger charge is -2.21. The number of anilines is 1. The van der Waals surface area contributed by atoms with Crippen molar-refractivity contribution in [1.82, 2.24) is 9.78 Å². The lowest BCUT2D eigenvalue weighted by Crippen LogP contribution is -2.27. The molecule has 7 heteroatoms. The summed E-state index contributed by atoms with van der Waals surface area (Å²) in [6.45, 7) is 1.35. The number of rotatable bonds is 2. The van der Waals surface area contributed by atoms with Crippen LogP contribution in [0.15, 0.2) is 6.20 Å². The van der Waals surface area contributed by atoms with Gasteiger partial charge in [0, 0.05) is 20.1 Å². The van der Waals surface area contributed by atoms with Gasteiger partial charge in [-0.15, -0.1) is 0 Å². The Labute approximate surface area is 98.8 Å². The number of nitrogens with zero attached hydrogens (tertiary/aromatic N) is 4. The summed E-state index contributed by atoms with van der Waals surface area (Å²) in [6.07, 6.45) is 3.21. The van der Waals surface area contributed by atoms with E-state index in [2.05, 4.69) is 5.10 Å². The highest BCUT2D eigenvalue weighted by Crippen LogP contribution is 2.28. The van der Waals surface area contributed by atoms with Crippen LogP contribution in [-0.4, -0.2) is 39.0 Å². The van der Waals surface area contributed by atoms with Crippen LogP contribution >= 0.6 is 0 Å². The summed E-state index contributed by atoms with van der Waals surface area (Å²) in [5.41, 5.74) is 0.0314. The van der Waals surface area contributed by atoms with Crippen LogP contribution in [0.4, 0.5) is 11.5 Å². The van der Waals surface area contributed by atoms with Gasteiger partial charge in [-0.25, -0.2) is 4.68 Å². The molecule has 0 spiro atoms. The Morgan fingerprint density at radius 2 is 2.29 bits per heavy atom. The van der Waals surface area contributed by atoms with E-state index in [-0.39, 0.29) is 11.8 Å². The van der Waals surface area contributed by atoms with E-state index in [4.69, 9.17) is 0 Å². The number of aryl methyl sites for hydroxylation is 1. The molecule has 0 aliphatic carbocycles. The van der Waals surface area contributed by atoms with Crippen molar-refractivity contribution >= 4 is 11.5 Å². The Kier molecular flexibility index (Phi) is 3.28. The maximum Gasteiger partial charge on any atom is 0.331 e. The highest BCUT2D eigenvalue weighted by Gasteiger charge is 2.26. The third kappa shape index (κ3) is 2.38. The molecule has 17 heavy (non-hydrogen) atoms. The lowest BCUT2D eigenvalue weighted by molar-refractivity contribution is -0.384. The second-order valence-electron chi connectivity index (χ2n) is 4.31. The number of aliphatic hydroxyl groups excluding tert-OH is 1. The zero-order valence-corrected chi connectivity index (χ0v) is 9.74. The molecule has 94 valence electrons. The maximum absolute atomic E-state index is 10.9. The van der Waals surface area contributed by atoms with Crippen LogP contribution in [0.25, 0.3) is 0 Å². The van der Waals surface area contributed by atoms with Crippen LogP contribution in [0.5, 0.6) is 0 Å². The minimum Gasteiger partial charge on any atom is -0.393 e. The normalized spacial score (nSPS) is 21.3. The Morgan fingerprint density at radius 3 is 3.00 bits per heavy atom. The Bertz CT molecular complexity index is 418. The van der Waals surface area contributed by atoms with Crippen LogP contribution in [0, 0.1) is 10.1 Å². The number of hydrogen-bond donors (Lipinski definition) is 1. The van der Waals surface area contributed by atoms with Gasteiger partial charge in [-0.3, -0.25) is 10.1 Å². The van der Waals surface area contributed by atoms with E-state index in [0.717, 1.165) is 19.4 Å². The summed E-state index contributed by atoms with van der Waals surface area (Å²) in [6, 6.07) is 0. The monoisotopic (exact) mass is 240 g/mol. The molecule has 1 saturated heterocycles. The highest BCUT2D eigenvalue weighted by molar-refractivity contribution is 5.57. The van der Waals surface area contributed by atoms with E-state index < -0.39 is 4.92 Å². The van der Waals surface area contributed by atoms with E-state index in [0.29, 0.717) is 18.8 Å². The van der Waals surface area contributed by atoms with Crippen LogP contribution in [0.2, 0.25) is 0 Å². The summed E-state index contributed by atoms with van der Waals surface area (Å²) in [4.78, 5) is 12.4. The van der Waals surface area contributed by atoms with Gasteiger partial charge in [0.2, 0.25) is 5.82 Å². The molecule has 1 aliphatic rings. The lowest BCUT2D eigenvalue weighted by atomic mass is 10.2. The molecule has 1 atom stereocenters. The van der Waals surface area contributed by atoms with Crippen molar-refractivity contribution in [2.75, 3.05) is 18.0 Å². The molecule has 1 N–H and O–H groups in total. The molecule has 0 saturated carbocycles. The quantitative estimate of drug-likeness (QED) is 0.607. The number of nitro groups is 1. The first kappa shape index (κ1) is 11.8. The number of hydrogen-bond acceptors (Lipinski definition) is 5. The smallest absolute Gasteiger partial charge is 0.331 e. The molecular weight excluding hydrogens is 224 g/mol. The van der Waals surface area contributed by atoms with Crippen molar-refractivity contribution in [2.45, 2.75) is 25.4 Å². The van der Waals surface area contributed by atoms with Gasteiger partial charge >= 0.3 is 5.69 Å². The molecule has 0 radical (unpaired) electrons. The fourth-order valence-corrected chi connectivity index (χ4v) is 2.21. The first-order valence-electron chi connectivity index (χ1n) is 5.69. The maximum atomic E-state index is 10.9. The van der Waals surface area contributed by atoms with Crippen LogP contribution in [-0.2, 0) is 7.05 Å². The average molecular weight is 240 g/mol. The molecule has 1 aromatic rings. The van der Waals surface area contributed by atoms with Gasteiger partial charge in [0.05, 0.1) is 11.0 Å². The van der Waals surface area contributed by atoms with Gasteiger partial charge in [0.15, 0.2) is 0 Å². The molecular formula is C10H16N4O3. The van der Waals surface area contributed by atoms with Crippen molar-refractivity contribution in [3.63, 3.8) is 0 Å². The third-order valence-corrected chi connectivity index (χ3v) is 3.08. The van der Waals surface area contributed by atoms with E-state index >= 15 is 0 Å². The summed E-state index contributed by atoms with van der Waals surface area (Å²) >= 11 is 0. The van der Waals surface area contributed by atoms with E-state index in [1.54, 1.807) is 7.05 Å². The molecule has 0 bridgehead atoms. The van der Waals surface area contributed by atoms with Crippen molar-refractivity contribution < 1.29 is 10.0 Å². The predicted octanol–water partition coefficient (Wildman–Crippen LogP) is 0.679. The van der Waals surface area contributed by atoms with Crippen molar-refractivity contribution in [3.8, 4) is 0 Å². The molecule has 7 nitrogen and oxygen atoms in total.